The predicted octanol–water partition coefficient (Wildman–Crippen LogP) is 2.41. The Morgan fingerprint density at radius 1 is 1.23 bits per heavy atom. The van der Waals surface area contributed by atoms with Crippen LogP contribution in [0.2, 0.25) is 5.02 Å². The van der Waals surface area contributed by atoms with Crippen LogP contribution < -0.4 is 15.6 Å². The van der Waals surface area contributed by atoms with E-state index < -0.39 is 40.6 Å². The van der Waals surface area contributed by atoms with Crippen LogP contribution in [-0.2, 0) is 25.6 Å². The number of nitrogens with zero attached hydrogens (tertiary/aromatic N) is 4. The molecule has 3 saturated heterocycles. The normalized spacial score (nSPS) is 30.4. The van der Waals surface area contributed by atoms with Crippen LogP contribution in [0.4, 0.5) is 5.69 Å². The van der Waals surface area contributed by atoms with Gasteiger partial charge in [-0.1, -0.05) is 42.4 Å². The van der Waals surface area contributed by atoms with Crippen molar-refractivity contribution in [2.45, 2.75) is 49.2 Å². The fourth-order valence-electron chi connectivity index (χ4n) is 7.01. The molecule has 0 saturated carbocycles. The molecule has 3 unspecified atom stereocenters. The zero-order valence-corrected chi connectivity index (χ0v) is 22.2. The van der Waals surface area contributed by atoms with Crippen LogP contribution in [0, 0.1) is 17.2 Å². The summed E-state index contributed by atoms with van der Waals surface area (Å²) in [6, 6.07) is 15.1. The number of ether oxygens (including phenoxy) is 2. The maximum Gasteiger partial charge on any atom is 0.308 e. The summed E-state index contributed by atoms with van der Waals surface area (Å²) < 4.78 is 13.8. The molecule has 11 heteroatoms. The standard InChI is InChI=1S/C29H24ClN5O5/c1-3-39-22-14-28(12-13-34-16-18(30)9-11-23(34)36)29(33-32)24(27(22,2)40-28)25(37)35(26(29)38)21-10-8-17(15-31)19-6-4-5-7-20(19)21/h3-11,16,22,24,33H,1,12-14H2,2H3/t22-,24?,27?,28?,29-/m0/s1. The van der Waals surface area contributed by atoms with Gasteiger partial charge in [-0.25, -0.2) is 4.90 Å². The van der Waals surface area contributed by atoms with Crippen molar-refractivity contribution in [2.75, 3.05) is 4.90 Å². The first-order chi connectivity index (χ1) is 19.2. The van der Waals surface area contributed by atoms with E-state index in [1.165, 1.54) is 29.2 Å². The van der Waals surface area contributed by atoms with E-state index in [4.69, 9.17) is 21.1 Å². The van der Waals surface area contributed by atoms with E-state index in [-0.39, 0.29) is 24.9 Å². The summed E-state index contributed by atoms with van der Waals surface area (Å²) in [6.07, 6.45) is 2.29. The molecule has 40 heavy (non-hydrogen) atoms. The average Bonchev–Trinajstić information content (AvgIpc) is 3.47. The summed E-state index contributed by atoms with van der Waals surface area (Å²) in [7, 11) is 0. The molecule has 5 atom stereocenters. The number of fused-ring (bicyclic) bond motifs is 6. The predicted molar refractivity (Wildman–Crippen MR) is 144 cm³/mol. The summed E-state index contributed by atoms with van der Waals surface area (Å²) in [5.74, 6) is -2.45. The van der Waals surface area contributed by atoms with Crippen molar-refractivity contribution in [3.63, 3.8) is 0 Å². The number of pyridine rings is 1. The second-order valence-electron chi connectivity index (χ2n) is 10.5. The number of carbonyl (C=O) groups excluding carboxylic acids is 2. The van der Waals surface area contributed by atoms with Gasteiger partial charge in [-0.3, -0.25) is 14.4 Å². The van der Waals surface area contributed by atoms with Gasteiger partial charge in [-0.15, -0.1) is 0 Å². The molecule has 0 aliphatic carbocycles. The van der Waals surface area contributed by atoms with E-state index in [0.29, 0.717) is 27.0 Å². The maximum atomic E-state index is 14.5. The van der Waals surface area contributed by atoms with Crippen molar-refractivity contribution in [3.8, 4) is 6.07 Å². The van der Waals surface area contributed by atoms with Crippen molar-refractivity contribution in [1.82, 2.24) is 4.57 Å². The number of imide groups is 1. The molecule has 2 bridgehead atoms. The Bertz CT molecular complexity index is 1730. The van der Waals surface area contributed by atoms with E-state index >= 15 is 0 Å². The number of nitrogens with one attached hydrogen (secondary N) is 1. The Kier molecular flexibility index (Phi) is 5.73. The number of aryl methyl sites for hydroxylation is 1. The third-order valence-corrected chi connectivity index (χ3v) is 8.93. The van der Waals surface area contributed by atoms with E-state index in [1.54, 1.807) is 43.3 Å². The molecule has 2 aromatic carbocycles. The third kappa shape index (κ3) is 3.16. The highest BCUT2D eigenvalue weighted by Crippen LogP contribution is 2.63. The molecule has 202 valence electrons. The van der Waals surface area contributed by atoms with E-state index in [0.717, 1.165) is 4.90 Å². The maximum absolute atomic E-state index is 14.5. The minimum Gasteiger partial charge on any atom is -0.508 e. The summed E-state index contributed by atoms with van der Waals surface area (Å²) in [5.41, 5.74) is 6.50. The number of anilines is 1. The van der Waals surface area contributed by atoms with Gasteiger partial charge in [-0.05, 0) is 25.1 Å². The average molecular weight is 558 g/mol. The van der Waals surface area contributed by atoms with Gasteiger partial charge in [0.25, 0.3) is 11.1 Å². The Morgan fingerprint density at radius 3 is 2.67 bits per heavy atom. The number of hydrogen-bond acceptors (Lipinski definition) is 6. The molecule has 1 N–H and O–H groups in total. The highest BCUT2D eigenvalue weighted by Gasteiger charge is 2.89. The molecule has 4 heterocycles. The van der Waals surface area contributed by atoms with Gasteiger partial charge in [0.15, 0.2) is 0 Å². The van der Waals surface area contributed by atoms with Crippen molar-refractivity contribution < 1.29 is 24.2 Å². The van der Waals surface area contributed by atoms with Crippen molar-refractivity contribution in [2.24, 2.45) is 5.92 Å². The molecule has 6 rings (SSSR count). The van der Waals surface area contributed by atoms with Crippen LogP contribution >= 0.6 is 11.6 Å². The lowest BCUT2D eigenvalue weighted by Gasteiger charge is -2.39. The van der Waals surface area contributed by atoms with Gasteiger partial charge < -0.3 is 24.7 Å². The number of hydrogen-bond donors (Lipinski definition) is 1. The second kappa shape index (κ2) is 8.84. The molecule has 3 aliphatic heterocycles. The summed E-state index contributed by atoms with van der Waals surface area (Å²) in [6.45, 7) is 5.43. The Labute approximate surface area is 233 Å². The fraction of sp³-hybridized carbons (Fsp3) is 0.310. The number of rotatable bonds is 7. The monoisotopic (exact) mass is 557 g/mol. The van der Waals surface area contributed by atoms with Crippen LogP contribution in [0.1, 0.15) is 25.3 Å². The molecule has 3 aliphatic rings. The molecule has 3 aromatic rings. The minimum absolute atomic E-state index is 0.0743. The van der Waals surface area contributed by atoms with Crippen LogP contribution in [0.5, 0.6) is 0 Å². The van der Waals surface area contributed by atoms with Crippen LogP contribution in [0.25, 0.3) is 16.3 Å². The lowest BCUT2D eigenvalue weighted by Crippen LogP contribution is -2.93. The Morgan fingerprint density at radius 2 is 1.98 bits per heavy atom. The molecule has 2 amide bonds. The first kappa shape index (κ1) is 25.9. The molecular weight excluding hydrogens is 534 g/mol. The van der Waals surface area contributed by atoms with Crippen molar-refractivity contribution in [3.05, 3.63) is 94.0 Å². The summed E-state index contributed by atoms with van der Waals surface area (Å²) >= 11 is 6.12. The van der Waals surface area contributed by atoms with Gasteiger partial charge >= 0.3 is 5.91 Å². The lowest BCUT2D eigenvalue weighted by atomic mass is 9.61. The van der Waals surface area contributed by atoms with Gasteiger partial charge in [0.1, 0.15) is 23.2 Å². The molecule has 10 nitrogen and oxygen atoms in total. The topological polar surface area (TPSA) is 138 Å². The van der Waals surface area contributed by atoms with Crippen LogP contribution in [0.15, 0.2) is 72.4 Å². The van der Waals surface area contributed by atoms with Crippen molar-refractivity contribution >= 4 is 39.9 Å². The molecule has 0 spiro atoms. The van der Waals surface area contributed by atoms with Gasteiger partial charge in [0, 0.05) is 42.4 Å². The van der Waals surface area contributed by atoms with Gasteiger partial charge in [-0.2, -0.15) is 5.26 Å². The van der Waals surface area contributed by atoms with E-state index in [9.17, 15) is 25.2 Å². The van der Waals surface area contributed by atoms with Crippen molar-refractivity contribution in [1.29, 1.82) is 5.26 Å². The quantitative estimate of drug-likeness (QED) is 0.269. The number of halogens is 1. The van der Waals surface area contributed by atoms with E-state index in [2.05, 4.69) is 17.8 Å². The molecular formula is C29H24ClN5O5. The second-order valence-corrected chi connectivity index (χ2v) is 11.0. The number of amides is 2. The SMILES string of the molecule is C=CO[C@H]1CC2(CCn3cc(Cl)ccc3=O)OC1(C)C1C(=O)N(c3ccc(C#N)c4ccccc34)C(=O)[C@@]12[NH+]=[N-]. The third-order valence-electron chi connectivity index (χ3n) is 8.71. The number of aromatic nitrogens is 1. The Hall–Kier alpha value is -4.33. The fourth-order valence-corrected chi connectivity index (χ4v) is 7.19. The zero-order chi connectivity index (χ0) is 28.4. The number of benzene rings is 2. The summed E-state index contributed by atoms with van der Waals surface area (Å²) in [5, 5.41) is 13.3. The first-order valence-electron chi connectivity index (χ1n) is 12.7. The number of carbonyl (C=O) groups is 2. The highest BCUT2D eigenvalue weighted by atomic mass is 35.5. The molecule has 3 fully saturated rings. The van der Waals surface area contributed by atoms with Crippen LogP contribution in [0.3, 0.4) is 0 Å². The molecule has 1 aromatic heterocycles. The van der Waals surface area contributed by atoms with Gasteiger partial charge in [0.05, 0.1) is 28.6 Å². The lowest BCUT2D eigenvalue weighted by molar-refractivity contribution is -0.578. The van der Waals surface area contributed by atoms with Gasteiger partial charge in [0.2, 0.25) is 5.91 Å². The summed E-state index contributed by atoms with van der Waals surface area (Å²) in [4.78, 5) is 42.3. The first-order valence-corrected chi connectivity index (χ1v) is 13.1. The minimum atomic E-state index is -1.88. The smallest absolute Gasteiger partial charge is 0.308 e. The number of nitriles is 1. The molecule has 0 radical (unpaired) electrons. The Balaban J connectivity index is 1.52. The van der Waals surface area contributed by atoms with Crippen LogP contribution in [-0.4, -0.2) is 39.2 Å². The largest absolute Gasteiger partial charge is 0.508 e. The zero-order valence-electron chi connectivity index (χ0n) is 21.5. The highest BCUT2D eigenvalue weighted by molar-refractivity contribution is 6.30. The van der Waals surface area contributed by atoms with E-state index in [1.807, 2.05) is 0 Å².